The number of nitro groups is 1. The molecule has 0 saturated carbocycles. The van der Waals surface area contributed by atoms with E-state index in [0.717, 1.165) is 17.4 Å². The van der Waals surface area contributed by atoms with Crippen molar-refractivity contribution in [3.8, 4) is 0 Å². The van der Waals surface area contributed by atoms with E-state index in [1.165, 1.54) is 5.38 Å². The van der Waals surface area contributed by atoms with E-state index in [1.807, 2.05) is 0 Å². The molecule has 66 valence electrons. The van der Waals surface area contributed by atoms with Gasteiger partial charge in [-0.25, -0.2) is 0 Å². The van der Waals surface area contributed by atoms with E-state index >= 15 is 0 Å². The molecule has 1 aromatic heterocycles. The lowest BCUT2D eigenvalue weighted by Gasteiger charge is -1.79. The Bertz CT molecular complexity index is 405. The molecule has 0 atom stereocenters. The average Bonchev–Trinajstić information content (AvgIpc) is 2.52. The predicted molar refractivity (Wildman–Crippen MR) is 45.0 cm³/mol. The molecule has 0 radical (unpaired) electrons. The normalized spacial score (nSPS) is 8.92. The molecule has 0 aliphatic heterocycles. The second-order valence-electron chi connectivity index (χ2n) is 2.04. The van der Waals surface area contributed by atoms with Crippen LogP contribution in [0.15, 0.2) is 11.4 Å². The molecule has 6 nitrogen and oxygen atoms in total. The number of hydrogen-bond donors (Lipinski definition) is 0. The molecular formula is C6H3N3O3S. The van der Waals surface area contributed by atoms with E-state index in [-0.39, 0.29) is 10.6 Å². The predicted octanol–water partition coefficient (Wildman–Crippen LogP) is 1.14. The highest BCUT2D eigenvalue weighted by molar-refractivity contribution is 7.13. The van der Waals surface area contributed by atoms with Crippen molar-refractivity contribution in [2.24, 2.45) is 0 Å². The first-order valence-corrected chi connectivity index (χ1v) is 3.98. The Morgan fingerprint density at radius 3 is 2.92 bits per heavy atom. The zero-order valence-corrected chi connectivity index (χ0v) is 7.02. The van der Waals surface area contributed by atoms with Gasteiger partial charge >= 0.3 is 11.2 Å². The van der Waals surface area contributed by atoms with Crippen LogP contribution in [0.25, 0.3) is 5.53 Å². The first kappa shape index (κ1) is 9.24. The summed E-state index contributed by atoms with van der Waals surface area (Å²) in [6.07, 6.45) is 0.686. The minimum atomic E-state index is -0.586. The first-order chi connectivity index (χ1) is 6.15. The standard InChI is InChI=1S/C6H3N3O3S/c7-8-2-5(10)4-1-6(9(11)12)13-3-4/h1-3H. The number of carbonyl (C=O) groups is 1. The van der Waals surface area contributed by atoms with Gasteiger partial charge in [0, 0.05) is 17.0 Å². The lowest BCUT2D eigenvalue weighted by atomic mass is 10.2. The Morgan fingerprint density at radius 1 is 1.77 bits per heavy atom. The second kappa shape index (κ2) is 3.70. The third-order valence-corrected chi connectivity index (χ3v) is 2.11. The average molecular weight is 197 g/mol. The summed E-state index contributed by atoms with van der Waals surface area (Å²) in [6, 6.07) is 1.13. The molecule has 0 N–H and O–H groups in total. The van der Waals surface area contributed by atoms with E-state index in [1.54, 1.807) is 0 Å². The Morgan fingerprint density at radius 2 is 2.46 bits per heavy atom. The molecule has 13 heavy (non-hydrogen) atoms. The van der Waals surface area contributed by atoms with Crippen LogP contribution in [0.3, 0.4) is 0 Å². The van der Waals surface area contributed by atoms with Crippen molar-refractivity contribution in [1.29, 1.82) is 0 Å². The van der Waals surface area contributed by atoms with Crippen molar-refractivity contribution in [3.63, 3.8) is 0 Å². The van der Waals surface area contributed by atoms with Crippen LogP contribution in [0.4, 0.5) is 5.00 Å². The van der Waals surface area contributed by atoms with Crippen LogP contribution in [0.2, 0.25) is 0 Å². The summed E-state index contributed by atoms with van der Waals surface area (Å²) in [7, 11) is 0. The van der Waals surface area contributed by atoms with Crippen molar-refractivity contribution in [2.45, 2.75) is 0 Å². The molecule has 0 spiro atoms. The van der Waals surface area contributed by atoms with Crippen molar-refractivity contribution < 1.29 is 14.5 Å². The van der Waals surface area contributed by atoms with Gasteiger partial charge in [0.1, 0.15) is 0 Å². The third kappa shape index (κ3) is 2.05. The molecule has 1 rings (SSSR count). The monoisotopic (exact) mass is 197 g/mol. The fraction of sp³-hybridized carbons (Fsp3) is 0. The van der Waals surface area contributed by atoms with Gasteiger partial charge in [-0.1, -0.05) is 11.3 Å². The zero-order valence-electron chi connectivity index (χ0n) is 6.21. The summed E-state index contributed by atoms with van der Waals surface area (Å²) in [5, 5.41) is 11.4. The zero-order chi connectivity index (χ0) is 9.84. The van der Waals surface area contributed by atoms with Crippen LogP contribution in [-0.4, -0.2) is 21.7 Å². The largest absolute Gasteiger partial charge is 0.361 e. The Balaban J connectivity index is 2.98. The van der Waals surface area contributed by atoms with Crippen LogP contribution in [0.1, 0.15) is 10.4 Å². The van der Waals surface area contributed by atoms with Gasteiger partial charge in [-0.2, -0.15) is 4.79 Å². The van der Waals surface area contributed by atoms with E-state index in [0.29, 0.717) is 6.21 Å². The second-order valence-corrected chi connectivity index (χ2v) is 2.93. The third-order valence-electron chi connectivity index (χ3n) is 1.23. The fourth-order valence-electron chi connectivity index (χ4n) is 0.677. The lowest BCUT2D eigenvalue weighted by Crippen LogP contribution is -1.98. The van der Waals surface area contributed by atoms with Gasteiger partial charge in [0.05, 0.1) is 4.92 Å². The van der Waals surface area contributed by atoms with Gasteiger partial charge in [-0.15, -0.1) is 0 Å². The maximum atomic E-state index is 11.0. The molecule has 1 heterocycles. The van der Waals surface area contributed by atoms with Crippen molar-refractivity contribution >= 4 is 28.3 Å². The maximum absolute atomic E-state index is 11.0. The first-order valence-electron chi connectivity index (χ1n) is 3.10. The van der Waals surface area contributed by atoms with Crippen molar-refractivity contribution in [1.82, 2.24) is 0 Å². The topological polar surface area (TPSA) is 96.6 Å². The summed E-state index contributed by atoms with van der Waals surface area (Å²) in [5.74, 6) is -0.563. The molecule has 0 amide bonds. The SMILES string of the molecule is [N-]=[N+]=CC(=O)c1csc([N+](=O)[O-])c1. The number of carbonyl (C=O) groups excluding carboxylic acids is 1. The fourth-order valence-corrected chi connectivity index (χ4v) is 1.39. The van der Waals surface area contributed by atoms with Gasteiger partial charge in [0.2, 0.25) is 0 Å². The van der Waals surface area contributed by atoms with Gasteiger partial charge in [0.15, 0.2) is 0 Å². The highest BCUT2D eigenvalue weighted by Gasteiger charge is 2.15. The van der Waals surface area contributed by atoms with Gasteiger partial charge in [-0.3, -0.25) is 14.9 Å². The minimum absolute atomic E-state index is 0.116. The highest BCUT2D eigenvalue weighted by Crippen LogP contribution is 2.22. The van der Waals surface area contributed by atoms with Crippen LogP contribution >= 0.6 is 11.3 Å². The minimum Gasteiger partial charge on any atom is -0.361 e. The summed E-state index contributed by atoms with van der Waals surface area (Å²) in [4.78, 5) is 23.1. The molecule has 0 aliphatic rings. The van der Waals surface area contributed by atoms with E-state index in [2.05, 4.69) is 4.79 Å². The van der Waals surface area contributed by atoms with Gasteiger partial charge < -0.3 is 5.53 Å². The smallest absolute Gasteiger partial charge is 0.328 e. The molecule has 0 saturated heterocycles. The van der Waals surface area contributed by atoms with Crippen molar-refractivity contribution in [2.75, 3.05) is 0 Å². The van der Waals surface area contributed by atoms with E-state index < -0.39 is 10.7 Å². The Hall–Kier alpha value is -1.85. The molecule has 0 unspecified atom stereocenters. The van der Waals surface area contributed by atoms with Crippen LogP contribution in [-0.2, 0) is 0 Å². The van der Waals surface area contributed by atoms with Gasteiger partial charge in [0.25, 0.3) is 5.78 Å². The molecule has 1 aromatic rings. The van der Waals surface area contributed by atoms with Crippen LogP contribution in [0.5, 0.6) is 0 Å². The Kier molecular flexibility index (Phi) is 2.63. The summed E-state index contributed by atoms with van der Waals surface area (Å²) in [5.41, 5.74) is 8.18. The molecule has 7 heteroatoms. The number of hydrogen-bond acceptors (Lipinski definition) is 4. The summed E-state index contributed by atoms with van der Waals surface area (Å²) >= 11 is 0.849. The maximum Gasteiger partial charge on any atom is 0.328 e. The lowest BCUT2D eigenvalue weighted by molar-refractivity contribution is -0.380. The van der Waals surface area contributed by atoms with Crippen molar-refractivity contribution in [3.05, 3.63) is 32.7 Å². The molecule has 0 fully saturated rings. The number of Topliss-reactive ketones (excluding diaryl/α,β-unsaturated/α-hetero) is 1. The Labute approximate surface area is 76.2 Å². The van der Waals surface area contributed by atoms with Crippen LogP contribution in [0, 0.1) is 10.1 Å². The van der Waals surface area contributed by atoms with E-state index in [9.17, 15) is 14.9 Å². The summed E-state index contributed by atoms with van der Waals surface area (Å²) < 4.78 is 0. The number of nitrogens with zero attached hydrogens (tertiary/aromatic N) is 3. The number of ketones is 1. The molecule has 0 aromatic carbocycles. The summed E-state index contributed by atoms with van der Waals surface area (Å²) in [6.45, 7) is 0. The van der Waals surface area contributed by atoms with Crippen LogP contribution < -0.4 is 0 Å². The quantitative estimate of drug-likeness (QED) is 0.181. The number of thiophene rings is 1. The molecule has 0 aliphatic carbocycles. The van der Waals surface area contributed by atoms with Gasteiger partial charge in [-0.05, 0) is 0 Å². The highest BCUT2D eigenvalue weighted by atomic mass is 32.1. The number of rotatable bonds is 3. The molecular weight excluding hydrogens is 194 g/mol. The molecule has 0 bridgehead atoms. The van der Waals surface area contributed by atoms with E-state index in [4.69, 9.17) is 5.53 Å².